The third kappa shape index (κ3) is 2.98. The molecule has 0 spiro atoms. The highest BCUT2D eigenvalue weighted by atomic mass is 79.9. The maximum absolute atomic E-state index is 5.62. The summed E-state index contributed by atoms with van der Waals surface area (Å²) in [6, 6.07) is 6.81. The fourth-order valence-electron chi connectivity index (χ4n) is 4.43. The molecule has 0 atom stereocenters. The third-order valence-electron chi connectivity index (χ3n) is 4.58. The van der Waals surface area contributed by atoms with Crippen LogP contribution in [0.4, 0.5) is 0 Å². The predicted octanol–water partition coefficient (Wildman–Crippen LogP) is 6.24. The molecule has 2 aromatic rings. The number of rotatable bonds is 1. The van der Waals surface area contributed by atoms with Gasteiger partial charge < -0.3 is 9.55 Å². The largest absolute Gasteiger partial charge is 0.331 e. The molecule has 2 nitrogen and oxygen atoms in total. The van der Waals surface area contributed by atoms with E-state index in [0.29, 0.717) is 16.9 Å². The highest BCUT2D eigenvalue weighted by Crippen LogP contribution is 2.50. The Labute approximate surface area is 140 Å². The van der Waals surface area contributed by atoms with Gasteiger partial charge in [0.2, 0.25) is 0 Å². The minimum Gasteiger partial charge on any atom is -0.331 e. The summed E-state index contributed by atoms with van der Waals surface area (Å²) in [6.07, 6.45) is 3.64. The van der Waals surface area contributed by atoms with Crippen LogP contribution in [0.5, 0.6) is 0 Å². The van der Waals surface area contributed by atoms with E-state index in [1.54, 1.807) is 0 Å². The minimum atomic E-state index is 0.358. The van der Waals surface area contributed by atoms with Gasteiger partial charge in [0, 0.05) is 10.5 Å². The number of H-pyrrole nitrogens is 1. The first-order chi connectivity index (χ1) is 9.67. The van der Waals surface area contributed by atoms with Crippen LogP contribution in [0.2, 0.25) is 0 Å². The topological polar surface area (TPSA) is 20.7 Å². The SMILES string of the molecule is CC1(C)CC(n2c(=S)[nH]c3ccc(Br)cc32)CC(C)(C)C1. The van der Waals surface area contributed by atoms with E-state index in [0.717, 1.165) is 14.8 Å². The van der Waals surface area contributed by atoms with Crippen molar-refractivity contribution in [3.63, 3.8) is 0 Å². The second-order valence-corrected chi connectivity index (χ2v) is 9.33. The summed E-state index contributed by atoms with van der Waals surface area (Å²) in [5.41, 5.74) is 3.06. The average molecular weight is 367 g/mol. The molecule has 21 heavy (non-hydrogen) atoms. The maximum atomic E-state index is 5.62. The lowest BCUT2D eigenvalue weighted by molar-refractivity contribution is 0.0733. The molecule has 1 N–H and O–H groups in total. The summed E-state index contributed by atoms with van der Waals surface area (Å²) in [4.78, 5) is 3.36. The van der Waals surface area contributed by atoms with Crippen molar-refractivity contribution in [3.8, 4) is 0 Å². The lowest BCUT2D eigenvalue weighted by atomic mass is 9.63. The number of hydrogen-bond donors (Lipinski definition) is 1. The molecule has 1 heterocycles. The molecule has 1 aliphatic carbocycles. The van der Waals surface area contributed by atoms with Crippen molar-refractivity contribution in [3.05, 3.63) is 27.4 Å². The van der Waals surface area contributed by atoms with Crippen LogP contribution in [-0.4, -0.2) is 9.55 Å². The van der Waals surface area contributed by atoms with Crippen molar-refractivity contribution in [2.75, 3.05) is 0 Å². The van der Waals surface area contributed by atoms with Crippen LogP contribution in [0.3, 0.4) is 0 Å². The smallest absolute Gasteiger partial charge is 0.178 e. The van der Waals surface area contributed by atoms with Gasteiger partial charge in [-0.1, -0.05) is 43.6 Å². The summed E-state index contributed by atoms with van der Waals surface area (Å²) in [7, 11) is 0. The van der Waals surface area contributed by atoms with Crippen LogP contribution in [-0.2, 0) is 0 Å². The number of imidazole rings is 1. The number of halogens is 1. The van der Waals surface area contributed by atoms with Gasteiger partial charge in [0.15, 0.2) is 4.77 Å². The Hall–Kier alpha value is -0.610. The van der Waals surface area contributed by atoms with E-state index in [2.05, 4.69) is 71.4 Å². The second kappa shape index (κ2) is 4.95. The van der Waals surface area contributed by atoms with Crippen molar-refractivity contribution in [2.45, 2.75) is 53.0 Å². The Kier molecular flexibility index (Phi) is 3.61. The van der Waals surface area contributed by atoms with Gasteiger partial charge in [-0.3, -0.25) is 0 Å². The molecule has 3 rings (SSSR count). The molecule has 0 bridgehead atoms. The highest BCUT2D eigenvalue weighted by molar-refractivity contribution is 9.10. The molecule has 1 aromatic carbocycles. The standard InChI is InChI=1S/C17H23BrN2S/c1-16(2)8-12(9-17(3,4)10-16)20-14-7-11(18)5-6-13(14)19-15(20)21/h5-7,12H,8-10H2,1-4H3,(H,19,21). The van der Waals surface area contributed by atoms with Crippen molar-refractivity contribution < 1.29 is 0 Å². The van der Waals surface area contributed by atoms with Gasteiger partial charge in [-0.15, -0.1) is 0 Å². The summed E-state index contributed by atoms with van der Waals surface area (Å²) in [5, 5.41) is 0. The van der Waals surface area contributed by atoms with Crippen LogP contribution in [0.15, 0.2) is 22.7 Å². The molecule has 0 aliphatic heterocycles. The third-order valence-corrected chi connectivity index (χ3v) is 5.37. The predicted molar refractivity (Wildman–Crippen MR) is 95.3 cm³/mol. The fourth-order valence-corrected chi connectivity index (χ4v) is 5.13. The number of aromatic nitrogens is 2. The average Bonchev–Trinajstić information content (AvgIpc) is 2.60. The molecule has 0 saturated heterocycles. The molecule has 0 unspecified atom stereocenters. The van der Waals surface area contributed by atoms with Gasteiger partial charge in [0.05, 0.1) is 11.0 Å². The number of aromatic amines is 1. The normalized spacial score (nSPS) is 21.8. The summed E-state index contributed by atoms with van der Waals surface area (Å²) in [6.45, 7) is 9.54. The Morgan fingerprint density at radius 2 is 1.81 bits per heavy atom. The van der Waals surface area contributed by atoms with Gasteiger partial charge in [-0.25, -0.2) is 0 Å². The number of hydrogen-bond acceptors (Lipinski definition) is 1. The van der Waals surface area contributed by atoms with Crippen LogP contribution < -0.4 is 0 Å². The maximum Gasteiger partial charge on any atom is 0.178 e. The quantitative estimate of drug-likeness (QED) is 0.592. The summed E-state index contributed by atoms with van der Waals surface area (Å²) in [5.74, 6) is 0. The van der Waals surface area contributed by atoms with Crippen LogP contribution in [0.25, 0.3) is 11.0 Å². The van der Waals surface area contributed by atoms with E-state index < -0.39 is 0 Å². The van der Waals surface area contributed by atoms with Gasteiger partial charge in [0.1, 0.15) is 0 Å². The molecular formula is C17H23BrN2S. The first kappa shape index (κ1) is 15.3. The molecule has 1 aromatic heterocycles. The van der Waals surface area contributed by atoms with E-state index in [-0.39, 0.29) is 0 Å². The van der Waals surface area contributed by atoms with Gasteiger partial charge in [0.25, 0.3) is 0 Å². The van der Waals surface area contributed by atoms with Crippen molar-refractivity contribution in [2.24, 2.45) is 10.8 Å². The summed E-state index contributed by atoms with van der Waals surface area (Å²) < 4.78 is 4.30. The molecule has 1 fully saturated rings. The lowest BCUT2D eigenvalue weighted by Gasteiger charge is -2.45. The van der Waals surface area contributed by atoms with Crippen molar-refractivity contribution in [1.82, 2.24) is 9.55 Å². The van der Waals surface area contributed by atoms with Crippen LogP contribution in [0.1, 0.15) is 53.0 Å². The molecular weight excluding hydrogens is 344 g/mol. The van der Waals surface area contributed by atoms with Gasteiger partial charge in [-0.2, -0.15) is 0 Å². The number of nitrogens with zero attached hydrogens (tertiary/aromatic N) is 1. The molecule has 0 amide bonds. The van der Waals surface area contributed by atoms with E-state index in [9.17, 15) is 0 Å². The van der Waals surface area contributed by atoms with E-state index in [4.69, 9.17) is 12.2 Å². The second-order valence-electron chi connectivity index (χ2n) is 8.03. The molecule has 4 heteroatoms. The van der Waals surface area contributed by atoms with E-state index >= 15 is 0 Å². The number of benzene rings is 1. The number of nitrogens with one attached hydrogen (secondary N) is 1. The fraction of sp³-hybridized carbons (Fsp3) is 0.588. The van der Waals surface area contributed by atoms with Gasteiger partial charge >= 0.3 is 0 Å². The lowest BCUT2D eigenvalue weighted by Crippen LogP contribution is -2.35. The zero-order valence-electron chi connectivity index (χ0n) is 13.2. The van der Waals surface area contributed by atoms with Crippen LogP contribution >= 0.6 is 28.1 Å². The zero-order valence-corrected chi connectivity index (χ0v) is 15.6. The van der Waals surface area contributed by atoms with Crippen molar-refractivity contribution in [1.29, 1.82) is 0 Å². The zero-order chi connectivity index (χ0) is 15.4. The Bertz CT molecular complexity index is 723. The van der Waals surface area contributed by atoms with E-state index in [1.165, 1.54) is 24.8 Å². The first-order valence-electron chi connectivity index (χ1n) is 7.57. The number of fused-ring (bicyclic) bond motifs is 1. The Morgan fingerprint density at radius 3 is 2.43 bits per heavy atom. The van der Waals surface area contributed by atoms with E-state index in [1.807, 2.05) is 0 Å². The highest BCUT2D eigenvalue weighted by Gasteiger charge is 2.39. The summed E-state index contributed by atoms with van der Waals surface area (Å²) >= 11 is 9.20. The van der Waals surface area contributed by atoms with Crippen molar-refractivity contribution >= 4 is 39.2 Å². The Morgan fingerprint density at radius 1 is 1.19 bits per heavy atom. The molecule has 0 radical (unpaired) electrons. The molecule has 1 saturated carbocycles. The molecule has 1 aliphatic rings. The first-order valence-corrected chi connectivity index (χ1v) is 8.77. The Balaban J connectivity index is 2.13. The van der Waals surface area contributed by atoms with Crippen LogP contribution in [0, 0.1) is 15.6 Å². The van der Waals surface area contributed by atoms with Gasteiger partial charge in [-0.05, 0) is 60.5 Å². The monoisotopic (exact) mass is 366 g/mol. The molecule has 114 valence electrons. The minimum absolute atomic E-state index is 0.358.